The molecule has 336 valence electrons. The molecule has 0 aromatic heterocycles. The molecule has 3 nitrogen and oxygen atoms in total. The van der Waals surface area contributed by atoms with Crippen LogP contribution in [0.2, 0.25) is 0 Å². The maximum atomic E-state index is 2.42. The Morgan fingerprint density at radius 3 is 0.775 bits per heavy atom. The zero-order valence-electron chi connectivity index (χ0n) is 39.1. The van der Waals surface area contributed by atoms with Crippen molar-refractivity contribution in [1.82, 2.24) is 0 Å². The van der Waals surface area contributed by atoms with Crippen LogP contribution in [0.5, 0.6) is 0 Å². The molecule has 0 saturated heterocycles. The molecule has 0 spiro atoms. The van der Waals surface area contributed by atoms with Crippen molar-refractivity contribution in [3.63, 3.8) is 0 Å². The highest BCUT2D eigenvalue weighted by molar-refractivity contribution is 5.91. The topological polar surface area (TPSA) is 9.72 Å². The van der Waals surface area contributed by atoms with Gasteiger partial charge in [0.25, 0.3) is 0 Å². The molecule has 3 heteroatoms. The summed E-state index contributed by atoms with van der Waals surface area (Å²) >= 11 is 0. The van der Waals surface area contributed by atoms with Crippen LogP contribution in [0.4, 0.5) is 51.2 Å². The summed E-state index contributed by atoms with van der Waals surface area (Å²) in [6, 6.07) is 109. The van der Waals surface area contributed by atoms with E-state index in [0.29, 0.717) is 0 Å². The minimum atomic E-state index is -0.605. The summed E-state index contributed by atoms with van der Waals surface area (Å²) in [6.07, 6.45) is 0. The van der Waals surface area contributed by atoms with Gasteiger partial charge < -0.3 is 14.7 Å². The fourth-order valence-electron chi connectivity index (χ4n) is 11.9. The van der Waals surface area contributed by atoms with Crippen molar-refractivity contribution in [1.29, 1.82) is 0 Å². The smallest absolute Gasteiger partial charge is 0.0742 e. The van der Waals surface area contributed by atoms with Gasteiger partial charge in [-0.25, -0.2) is 0 Å². The SMILES string of the molecule is c1ccc(N(c2ccc(C3(c4ccccc4)c4ccccc4N(c4ccccc4)c4ccccc43)cc2)c2ccc(C3(c4ccccc4)c4ccccc4N(c4ccccc4)c4ccccc43)cc2)cc1. The van der Waals surface area contributed by atoms with E-state index in [0.717, 1.165) is 28.4 Å². The van der Waals surface area contributed by atoms with Gasteiger partial charge in [-0.1, -0.05) is 212 Å². The van der Waals surface area contributed by atoms with E-state index in [2.05, 4.69) is 312 Å². The van der Waals surface area contributed by atoms with E-state index >= 15 is 0 Å². The average molecular weight is 908 g/mol. The number of para-hydroxylation sites is 7. The van der Waals surface area contributed by atoms with E-state index in [1.54, 1.807) is 0 Å². The minimum Gasteiger partial charge on any atom is -0.311 e. The third-order valence-electron chi connectivity index (χ3n) is 14.8. The average Bonchev–Trinajstić information content (AvgIpc) is 3.46. The molecule has 11 aromatic carbocycles. The number of benzene rings is 11. The van der Waals surface area contributed by atoms with Crippen molar-refractivity contribution >= 4 is 51.2 Å². The summed E-state index contributed by atoms with van der Waals surface area (Å²) in [5.74, 6) is 0. The first kappa shape index (κ1) is 42.0. The van der Waals surface area contributed by atoms with Gasteiger partial charge in [0.15, 0.2) is 0 Å². The summed E-state index contributed by atoms with van der Waals surface area (Å²) in [6.45, 7) is 0. The number of hydrogen-bond acceptors (Lipinski definition) is 3. The lowest BCUT2D eigenvalue weighted by molar-refractivity contribution is 0.731. The third-order valence-corrected chi connectivity index (χ3v) is 14.8. The number of anilines is 9. The van der Waals surface area contributed by atoms with Crippen LogP contribution < -0.4 is 14.7 Å². The zero-order chi connectivity index (χ0) is 47.2. The standard InChI is InChI=1S/C68H49N3/c1-6-24-50(25-7-1)67(59-34-16-20-38-63(59)70(55-30-12-4-13-31-55)64-39-21-17-35-60(64)67)52-42-46-57(47-43-52)69(54-28-10-3-11-29-54)58-48-44-53(45-49-58)68(51-26-8-2-9-27-51)61-36-18-22-40-65(61)71(56-32-14-5-15-33-56)66-41-23-19-37-62(66)68/h1-49H. The number of hydrogen-bond donors (Lipinski definition) is 0. The molecular weight excluding hydrogens is 859 g/mol. The fraction of sp³-hybridized carbons (Fsp3) is 0.0294. The lowest BCUT2D eigenvalue weighted by Crippen LogP contribution is -2.37. The highest BCUT2D eigenvalue weighted by Gasteiger charge is 2.48. The summed E-state index contributed by atoms with van der Waals surface area (Å²) < 4.78 is 0. The lowest BCUT2D eigenvalue weighted by Gasteiger charge is -2.46. The molecule has 0 radical (unpaired) electrons. The van der Waals surface area contributed by atoms with E-state index in [-0.39, 0.29) is 0 Å². The Bertz CT molecular complexity index is 3310. The number of nitrogens with zero attached hydrogens (tertiary/aromatic N) is 3. The van der Waals surface area contributed by atoms with Gasteiger partial charge in [0.1, 0.15) is 0 Å². The molecule has 0 saturated carbocycles. The summed E-state index contributed by atoms with van der Waals surface area (Å²) in [7, 11) is 0. The molecule has 0 bridgehead atoms. The van der Waals surface area contributed by atoms with Crippen molar-refractivity contribution in [2.24, 2.45) is 0 Å². The molecule has 2 heterocycles. The van der Waals surface area contributed by atoms with Crippen molar-refractivity contribution < 1.29 is 0 Å². The Kier molecular flexibility index (Phi) is 10.3. The molecule has 0 atom stereocenters. The van der Waals surface area contributed by atoms with Crippen LogP contribution in [0.1, 0.15) is 44.5 Å². The van der Waals surface area contributed by atoms with Crippen LogP contribution in [0, 0.1) is 0 Å². The first-order valence-electron chi connectivity index (χ1n) is 24.5. The van der Waals surface area contributed by atoms with Gasteiger partial charge in [0, 0.05) is 28.4 Å². The Labute approximate surface area is 416 Å². The maximum Gasteiger partial charge on any atom is 0.0742 e. The molecule has 11 aromatic rings. The Morgan fingerprint density at radius 1 is 0.211 bits per heavy atom. The molecular formula is C68H49N3. The first-order valence-corrected chi connectivity index (χ1v) is 24.5. The molecule has 71 heavy (non-hydrogen) atoms. The second kappa shape index (κ2) is 17.4. The normalized spacial score (nSPS) is 13.8. The van der Waals surface area contributed by atoms with Gasteiger partial charge in [-0.05, 0) is 129 Å². The molecule has 0 aliphatic carbocycles. The van der Waals surface area contributed by atoms with Crippen molar-refractivity contribution in [3.05, 3.63) is 342 Å². The number of rotatable bonds is 9. The summed E-state index contributed by atoms with van der Waals surface area (Å²) in [4.78, 5) is 7.23. The van der Waals surface area contributed by atoms with Crippen molar-refractivity contribution in [2.45, 2.75) is 10.8 Å². The molecule has 2 aliphatic heterocycles. The van der Waals surface area contributed by atoms with Crippen LogP contribution in [0.3, 0.4) is 0 Å². The van der Waals surface area contributed by atoms with Crippen LogP contribution in [0.15, 0.2) is 297 Å². The summed E-state index contributed by atoms with van der Waals surface area (Å²) in [5, 5.41) is 0. The Balaban J connectivity index is 0.972. The molecule has 0 unspecified atom stereocenters. The molecule has 2 aliphatic rings. The van der Waals surface area contributed by atoms with E-state index in [1.807, 2.05) is 0 Å². The molecule has 0 amide bonds. The van der Waals surface area contributed by atoms with Crippen LogP contribution in [-0.4, -0.2) is 0 Å². The third kappa shape index (κ3) is 6.58. The zero-order valence-corrected chi connectivity index (χ0v) is 39.1. The Hall–Kier alpha value is -9.18. The van der Waals surface area contributed by atoms with Gasteiger partial charge in [-0.2, -0.15) is 0 Å². The minimum absolute atomic E-state index is 0.605. The predicted octanol–water partition coefficient (Wildman–Crippen LogP) is 17.5. The van der Waals surface area contributed by atoms with Crippen molar-refractivity contribution in [2.75, 3.05) is 14.7 Å². The second-order valence-corrected chi connectivity index (χ2v) is 18.4. The lowest BCUT2D eigenvalue weighted by atomic mass is 9.62. The monoisotopic (exact) mass is 907 g/mol. The largest absolute Gasteiger partial charge is 0.311 e. The summed E-state index contributed by atoms with van der Waals surface area (Å²) in [5.41, 5.74) is 18.8. The van der Waals surface area contributed by atoms with E-state index in [4.69, 9.17) is 0 Å². The second-order valence-electron chi connectivity index (χ2n) is 18.4. The van der Waals surface area contributed by atoms with E-state index < -0.39 is 10.8 Å². The molecule has 0 N–H and O–H groups in total. The molecule has 0 fully saturated rings. The van der Waals surface area contributed by atoms with Crippen LogP contribution >= 0.6 is 0 Å². The Morgan fingerprint density at radius 2 is 0.451 bits per heavy atom. The van der Waals surface area contributed by atoms with E-state index in [1.165, 1.54) is 67.3 Å². The maximum absolute atomic E-state index is 2.42. The van der Waals surface area contributed by atoms with Crippen LogP contribution in [-0.2, 0) is 10.8 Å². The van der Waals surface area contributed by atoms with Gasteiger partial charge in [0.05, 0.1) is 33.6 Å². The van der Waals surface area contributed by atoms with Gasteiger partial charge in [-0.15, -0.1) is 0 Å². The first-order chi connectivity index (χ1) is 35.3. The van der Waals surface area contributed by atoms with Gasteiger partial charge in [0.2, 0.25) is 0 Å². The van der Waals surface area contributed by atoms with E-state index in [9.17, 15) is 0 Å². The molecule has 13 rings (SSSR count). The highest BCUT2D eigenvalue weighted by Crippen LogP contribution is 2.60. The highest BCUT2D eigenvalue weighted by atomic mass is 15.2. The quantitative estimate of drug-likeness (QED) is 0.143. The van der Waals surface area contributed by atoms with Gasteiger partial charge >= 0.3 is 0 Å². The van der Waals surface area contributed by atoms with Crippen molar-refractivity contribution in [3.8, 4) is 0 Å². The number of fused-ring (bicyclic) bond motifs is 4. The fourth-order valence-corrected chi connectivity index (χ4v) is 11.9. The van der Waals surface area contributed by atoms with Gasteiger partial charge in [-0.3, -0.25) is 0 Å². The predicted molar refractivity (Wildman–Crippen MR) is 294 cm³/mol. The van der Waals surface area contributed by atoms with Crippen LogP contribution in [0.25, 0.3) is 0 Å².